The molecule has 0 bridgehead atoms. The molecule has 0 unspecified atom stereocenters. The van der Waals surface area contributed by atoms with Crippen molar-refractivity contribution in [1.29, 1.82) is 0 Å². The lowest BCUT2D eigenvalue weighted by molar-refractivity contribution is 0.556. The lowest BCUT2D eigenvalue weighted by Crippen LogP contribution is -2.09. The van der Waals surface area contributed by atoms with Crippen molar-refractivity contribution in [1.82, 2.24) is 0 Å². The Bertz CT molecular complexity index is 879. The summed E-state index contributed by atoms with van der Waals surface area (Å²) >= 11 is 11.7. The van der Waals surface area contributed by atoms with Crippen LogP contribution < -0.4 is 10.5 Å². The monoisotopic (exact) mass is 342 g/mol. The van der Waals surface area contributed by atoms with Gasteiger partial charge in [0.05, 0.1) is 21.3 Å². The lowest BCUT2D eigenvalue weighted by Gasteiger charge is -2.09. The van der Waals surface area contributed by atoms with Crippen LogP contribution in [0.25, 0.3) is 0 Å². The predicted molar refractivity (Wildman–Crippen MR) is 81.7 cm³/mol. The van der Waals surface area contributed by atoms with Crippen molar-refractivity contribution in [2.24, 2.45) is 4.40 Å². The standard InChI is InChI=1S/C13H8Cl2N2O3S/c14-8-5-10(16)11(6-9(8)15)20-13-7-3-1-2-4-12(7)21(18,19)17-13/h1-6H,16H2. The number of benzene rings is 2. The lowest BCUT2D eigenvalue weighted by atomic mass is 10.2. The first-order chi connectivity index (χ1) is 9.88. The van der Waals surface area contributed by atoms with Gasteiger partial charge in [-0.05, 0) is 18.2 Å². The molecule has 0 aliphatic carbocycles. The maximum atomic E-state index is 11.9. The van der Waals surface area contributed by atoms with E-state index in [1.54, 1.807) is 18.2 Å². The molecule has 2 aromatic rings. The van der Waals surface area contributed by atoms with Gasteiger partial charge in [0.1, 0.15) is 4.90 Å². The zero-order chi connectivity index (χ0) is 15.2. The van der Waals surface area contributed by atoms with Crippen LogP contribution >= 0.6 is 23.2 Å². The van der Waals surface area contributed by atoms with E-state index in [1.165, 1.54) is 18.2 Å². The first kappa shape index (κ1) is 14.2. The Hall–Kier alpha value is -1.76. The number of sulfonamides is 1. The molecule has 3 rings (SSSR count). The Kier molecular flexibility index (Phi) is 3.32. The summed E-state index contributed by atoms with van der Waals surface area (Å²) in [5, 5.41) is 0.526. The second-order valence-corrected chi connectivity index (χ2v) is 6.66. The largest absolute Gasteiger partial charge is 0.435 e. The molecule has 21 heavy (non-hydrogen) atoms. The highest BCUT2D eigenvalue weighted by atomic mass is 35.5. The topological polar surface area (TPSA) is 81.8 Å². The number of ether oxygens (including phenoxy) is 1. The minimum Gasteiger partial charge on any atom is -0.435 e. The highest BCUT2D eigenvalue weighted by molar-refractivity contribution is 7.90. The van der Waals surface area contributed by atoms with Crippen LogP contribution in [0.3, 0.4) is 0 Å². The smallest absolute Gasteiger partial charge is 0.286 e. The van der Waals surface area contributed by atoms with Crippen molar-refractivity contribution >= 4 is 44.8 Å². The average molecular weight is 343 g/mol. The van der Waals surface area contributed by atoms with Crippen LogP contribution in [-0.2, 0) is 10.0 Å². The van der Waals surface area contributed by atoms with Crippen LogP contribution in [0.15, 0.2) is 45.7 Å². The van der Waals surface area contributed by atoms with Gasteiger partial charge in [-0.3, -0.25) is 0 Å². The van der Waals surface area contributed by atoms with Crippen LogP contribution in [0.4, 0.5) is 5.69 Å². The van der Waals surface area contributed by atoms with Crippen molar-refractivity contribution in [2.45, 2.75) is 4.90 Å². The van der Waals surface area contributed by atoms with E-state index in [4.69, 9.17) is 33.7 Å². The molecule has 1 heterocycles. The van der Waals surface area contributed by atoms with E-state index in [2.05, 4.69) is 4.40 Å². The van der Waals surface area contributed by atoms with Gasteiger partial charge in [-0.2, -0.15) is 8.42 Å². The Labute approximate surface area is 131 Å². The molecule has 1 aliphatic heterocycles. The molecule has 0 saturated carbocycles. The number of hydrogen-bond donors (Lipinski definition) is 1. The third kappa shape index (κ3) is 2.46. The van der Waals surface area contributed by atoms with E-state index in [-0.39, 0.29) is 32.3 Å². The van der Waals surface area contributed by atoms with E-state index in [9.17, 15) is 8.42 Å². The van der Waals surface area contributed by atoms with Gasteiger partial charge in [0.2, 0.25) is 5.90 Å². The highest BCUT2D eigenvalue weighted by Gasteiger charge is 2.30. The van der Waals surface area contributed by atoms with Gasteiger partial charge < -0.3 is 10.5 Å². The van der Waals surface area contributed by atoms with Crippen molar-refractivity contribution < 1.29 is 13.2 Å². The van der Waals surface area contributed by atoms with Crippen LogP contribution in [0.5, 0.6) is 5.75 Å². The van der Waals surface area contributed by atoms with Crippen molar-refractivity contribution in [2.75, 3.05) is 5.73 Å². The third-order valence-electron chi connectivity index (χ3n) is 2.86. The molecule has 2 N–H and O–H groups in total. The van der Waals surface area contributed by atoms with Crippen LogP contribution in [-0.4, -0.2) is 14.3 Å². The van der Waals surface area contributed by atoms with Gasteiger partial charge in [-0.1, -0.05) is 35.3 Å². The Morgan fingerprint density at radius 2 is 1.76 bits per heavy atom. The molecule has 0 spiro atoms. The molecule has 108 valence electrons. The fourth-order valence-corrected chi connectivity index (χ4v) is 3.35. The second-order valence-electron chi connectivity index (χ2n) is 4.27. The number of fused-ring (bicyclic) bond motifs is 1. The summed E-state index contributed by atoms with van der Waals surface area (Å²) in [7, 11) is -3.74. The van der Waals surface area contributed by atoms with Crippen LogP contribution in [0.2, 0.25) is 10.0 Å². The van der Waals surface area contributed by atoms with Crippen molar-refractivity contribution in [3.8, 4) is 5.75 Å². The van der Waals surface area contributed by atoms with Gasteiger partial charge in [0.25, 0.3) is 10.0 Å². The number of nitrogen functional groups attached to an aromatic ring is 1. The summed E-state index contributed by atoms with van der Waals surface area (Å²) in [6, 6.07) is 9.21. The van der Waals surface area contributed by atoms with E-state index in [0.717, 1.165) is 0 Å². The molecule has 1 aliphatic rings. The number of nitrogens with two attached hydrogens (primary N) is 1. The number of nitrogens with zero attached hydrogens (tertiary/aromatic N) is 1. The van der Waals surface area contributed by atoms with E-state index < -0.39 is 10.0 Å². The molecular weight excluding hydrogens is 335 g/mol. The summed E-state index contributed by atoms with van der Waals surface area (Å²) in [5.41, 5.74) is 6.39. The summed E-state index contributed by atoms with van der Waals surface area (Å²) in [6.07, 6.45) is 0. The summed E-state index contributed by atoms with van der Waals surface area (Å²) in [4.78, 5) is 0.0960. The number of halogens is 2. The van der Waals surface area contributed by atoms with Gasteiger partial charge in [-0.25, -0.2) is 0 Å². The summed E-state index contributed by atoms with van der Waals surface area (Å²) in [6.45, 7) is 0. The highest BCUT2D eigenvalue weighted by Crippen LogP contribution is 2.34. The first-order valence-electron chi connectivity index (χ1n) is 5.75. The van der Waals surface area contributed by atoms with E-state index in [0.29, 0.717) is 5.56 Å². The Morgan fingerprint density at radius 3 is 2.52 bits per heavy atom. The number of hydrogen-bond acceptors (Lipinski definition) is 4. The van der Waals surface area contributed by atoms with Crippen molar-refractivity contribution in [3.05, 3.63) is 52.0 Å². The van der Waals surface area contributed by atoms with Gasteiger partial charge in [0.15, 0.2) is 5.75 Å². The van der Waals surface area contributed by atoms with E-state index >= 15 is 0 Å². The first-order valence-corrected chi connectivity index (χ1v) is 7.95. The Balaban J connectivity index is 2.06. The van der Waals surface area contributed by atoms with Crippen molar-refractivity contribution in [3.63, 3.8) is 0 Å². The second kappa shape index (κ2) is 4.91. The summed E-state index contributed by atoms with van der Waals surface area (Å²) < 4.78 is 32.9. The molecule has 0 atom stereocenters. The molecule has 2 aromatic carbocycles. The van der Waals surface area contributed by atoms with E-state index in [1.807, 2.05) is 0 Å². The fourth-order valence-electron chi connectivity index (χ4n) is 1.89. The molecule has 0 aromatic heterocycles. The number of anilines is 1. The van der Waals surface area contributed by atoms with Gasteiger partial charge in [-0.15, -0.1) is 4.40 Å². The molecule has 0 radical (unpaired) electrons. The zero-order valence-electron chi connectivity index (χ0n) is 10.4. The average Bonchev–Trinajstić information content (AvgIpc) is 2.68. The van der Waals surface area contributed by atoms with Crippen LogP contribution in [0.1, 0.15) is 5.56 Å². The molecule has 0 fully saturated rings. The van der Waals surface area contributed by atoms with Crippen LogP contribution in [0, 0.1) is 0 Å². The zero-order valence-corrected chi connectivity index (χ0v) is 12.7. The SMILES string of the molecule is Nc1cc(Cl)c(Cl)cc1OC1=NS(=O)(=O)c2ccccc21. The maximum absolute atomic E-state index is 11.9. The minimum absolute atomic E-state index is 0.0457. The molecular formula is C13H8Cl2N2O3S. The normalized spacial score (nSPS) is 15.4. The maximum Gasteiger partial charge on any atom is 0.286 e. The number of rotatable bonds is 1. The molecule has 0 amide bonds. The fraction of sp³-hybridized carbons (Fsp3) is 0. The minimum atomic E-state index is -3.74. The van der Waals surface area contributed by atoms with Gasteiger partial charge in [0, 0.05) is 6.07 Å². The predicted octanol–water partition coefficient (Wildman–Crippen LogP) is 3.10. The quantitative estimate of drug-likeness (QED) is 0.807. The third-order valence-corrected chi connectivity index (χ3v) is 4.90. The van der Waals surface area contributed by atoms with Gasteiger partial charge >= 0.3 is 0 Å². The molecule has 5 nitrogen and oxygen atoms in total. The Morgan fingerprint density at radius 1 is 1.10 bits per heavy atom. The summed E-state index contributed by atoms with van der Waals surface area (Å²) in [5.74, 6) is 0.144. The molecule has 0 saturated heterocycles. The molecule has 8 heteroatoms.